The molecule has 0 bridgehead atoms. The summed E-state index contributed by atoms with van der Waals surface area (Å²) in [7, 11) is 1.65. The number of carbonyl (C=O) groups is 1. The number of rotatable bonds is 9. The smallest absolute Gasteiger partial charge is 0.251 e. The molecule has 1 aromatic heterocycles. The van der Waals surface area contributed by atoms with E-state index in [1.807, 2.05) is 42.8 Å². The number of amides is 1. The molecule has 1 atom stereocenters. The molecule has 1 unspecified atom stereocenters. The number of guanidine groups is 1. The summed E-state index contributed by atoms with van der Waals surface area (Å²) >= 11 is 0. The molecule has 2 aromatic rings. The molecule has 1 aliphatic rings. The molecule has 2 heterocycles. The van der Waals surface area contributed by atoms with Crippen molar-refractivity contribution in [3.05, 3.63) is 47.0 Å². The molecule has 1 aromatic carbocycles. The van der Waals surface area contributed by atoms with E-state index in [0.717, 1.165) is 55.5 Å². The third-order valence-corrected chi connectivity index (χ3v) is 5.00. The molecule has 3 N–H and O–H groups in total. The predicted molar refractivity (Wildman–Crippen MR) is 135 cm³/mol. The van der Waals surface area contributed by atoms with Crippen molar-refractivity contribution in [2.24, 2.45) is 4.99 Å². The molecule has 32 heavy (non-hydrogen) atoms. The summed E-state index contributed by atoms with van der Waals surface area (Å²) < 4.78 is 7.09. The molecule has 0 saturated heterocycles. The monoisotopic (exact) mass is 555 g/mol. The number of aromatic nitrogens is 3. The normalized spacial score (nSPS) is 15.5. The number of fused-ring (bicyclic) bond motifs is 1. The lowest BCUT2D eigenvalue weighted by Gasteiger charge is -2.25. The van der Waals surface area contributed by atoms with Crippen LogP contribution in [0.4, 0.5) is 0 Å². The molecule has 0 aliphatic carbocycles. The predicted octanol–water partition coefficient (Wildman–Crippen LogP) is 2.25. The average molecular weight is 555 g/mol. The lowest BCUT2D eigenvalue weighted by atomic mass is 10.1. The zero-order valence-electron chi connectivity index (χ0n) is 19.1. The van der Waals surface area contributed by atoms with E-state index in [9.17, 15) is 4.79 Å². The Morgan fingerprint density at radius 1 is 1.31 bits per heavy atom. The number of nitrogens with one attached hydrogen (secondary N) is 3. The van der Waals surface area contributed by atoms with Gasteiger partial charge in [0.15, 0.2) is 11.8 Å². The van der Waals surface area contributed by atoms with Crippen LogP contribution in [0.25, 0.3) is 0 Å². The number of ether oxygens (including phenoxy) is 1. The fraction of sp³-hybridized carbons (Fsp3) is 0.545. The van der Waals surface area contributed by atoms with Crippen molar-refractivity contribution in [1.29, 1.82) is 0 Å². The Kier molecular flexibility index (Phi) is 10.9. The fourth-order valence-corrected chi connectivity index (χ4v) is 3.50. The van der Waals surface area contributed by atoms with Crippen LogP contribution in [-0.4, -0.2) is 52.9 Å². The van der Waals surface area contributed by atoms with Gasteiger partial charge in [0.05, 0.1) is 13.1 Å². The molecule has 0 saturated carbocycles. The van der Waals surface area contributed by atoms with E-state index in [-0.39, 0.29) is 35.9 Å². The molecule has 3 rings (SSSR count). The Hall–Kier alpha value is -2.21. The summed E-state index contributed by atoms with van der Waals surface area (Å²) in [4.78, 5) is 21.5. The maximum absolute atomic E-state index is 12.2. The first-order valence-corrected chi connectivity index (χ1v) is 11.0. The molecule has 10 heteroatoms. The number of hydrogen-bond donors (Lipinski definition) is 3. The van der Waals surface area contributed by atoms with E-state index in [1.54, 1.807) is 7.11 Å². The first kappa shape index (κ1) is 26.0. The van der Waals surface area contributed by atoms with Crippen molar-refractivity contribution < 1.29 is 9.53 Å². The van der Waals surface area contributed by atoms with Crippen LogP contribution in [0.2, 0.25) is 0 Å². The van der Waals surface area contributed by atoms with Crippen LogP contribution >= 0.6 is 24.0 Å². The van der Waals surface area contributed by atoms with Gasteiger partial charge in [-0.3, -0.25) is 4.79 Å². The van der Waals surface area contributed by atoms with Crippen molar-refractivity contribution in [2.75, 3.05) is 20.2 Å². The van der Waals surface area contributed by atoms with E-state index in [2.05, 4.69) is 26.0 Å². The topological polar surface area (TPSA) is 105 Å². The van der Waals surface area contributed by atoms with E-state index in [1.165, 1.54) is 0 Å². The number of carbonyl (C=O) groups excluding carboxylic acids is 1. The Labute approximate surface area is 206 Å². The van der Waals surface area contributed by atoms with Gasteiger partial charge in [-0.05, 0) is 37.5 Å². The second kappa shape index (κ2) is 13.4. The summed E-state index contributed by atoms with van der Waals surface area (Å²) in [5.41, 5.74) is 1.66. The third kappa shape index (κ3) is 7.44. The third-order valence-electron chi connectivity index (χ3n) is 5.00. The molecule has 0 spiro atoms. The summed E-state index contributed by atoms with van der Waals surface area (Å²) in [6.07, 6.45) is 2.74. The Morgan fingerprint density at radius 3 is 2.91 bits per heavy atom. The lowest BCUT2D eigenvalue weighted by Crippen LogP contribution is -2.47. The Balaban J connectivity index is 0.00000363. The minimum absolute atomic E-state index is 0. The van der Waals surface area contributed by atoms with E-state index < -0.39 is 0 Å². The summed E-state index contributed by atoms with van der Waals surface area (Å²) in [5, 5.41) is 14.3. The van der Waals surface area contributed by atoms with Gasteiger partial charge in [0.2, 0.25) is 0 Å². The number of benzene rings is 1. The lowest BCUT2D eigenvalue weighted by molar-refractivity contribution is 0.0953. The van der Waals surface area contributed by atoms with Gasteiger partial charge in [0.25, 0.3) is 5.91 Å². The van der Waals surface area contributed by atoms with Crippen LogP contribution in [0.15, 0.2) is 29.3 Å². The van der Waals surface area contributed by atoms with E-state index in [4.69, 9.17) is 9.73 Å². The van der Waals surface area contributed by atoms with Crippen molar-refractivity contribution in [2.45, 2.75) is 58.8 Å². The van der Waals surface area contributed by atoms with Crippen molar-refractivity contribution in [3.63, 3.8) is 0 Å². The number of hydrogen-bond acceptors (Lipinski definition) is 5. The van der Waals surface area contributed by atoms with Gasteiger partial charge >= 0.3 is 0 Å². The van der Waals surface area contributed by atoms with Crippen LogP contribution in [-0.2, 0) is 30.9 Å². The largest absolute Gasteiger partial charge is 0.377 e. The zero-order valence-corrected chi connectivity index (χ0v) is 21.4. The second-order valence-electron chi connectivity index (χ2n) is 7.59. The molecule has 1 aliphatic heterocycles. The average Bonchev–Trinajstić information content (AvgIpc) is 3.18. The van der Waals surface area contributed by atoms with Gasteiger partial charge in [-0.15, -0.1) is 24.0 Å². The molecule has 9 nitrogen and oxygen atoms in total. The van der Waals surface area contributed by atoms with Crippen molar-refractivity contribution >= 4 is 35.8 Å². The van der Waals surface area contributed by atoms with Gasteiger partial charge in [-0.25, -0.2) is 14.7 Å². The van der Waals surface area contributed by atoms with Crippen LogP contribution in [0.3, 0.4) is 0 Å². The second-order valence-corrected chi connectivity index (χ2v) is 7.59. The van der Waals surface area contributed by atoms with Crippen LogP contribution in [0.5, 0.6) is 0 Å². The van der Waals surface area contributed by atoms with Crippen LogP contribution in [0.1, 0.15) is 54.3 Å². The van der Waals surface area contributed by atoms with Gasteiger partial charge in [-0.2, -0.15) is 5.10 Å². The maximum Gasteiger partial charge on any atom is 0.251 e. The highest BCUT2D eigenvalue weighted by molar-refractivity contribution is 14.0. The van der Waals surface area contributed by atoms with E-state index in [0.29, 0.717) is 25.3 Å². The molecule has 0 radical (unpaired) electrons. The SMILES string of the molecule is CCCNC(=O)c1cccc(CN=C(NCC)NC2CCc3nc(COC)nn3C2)c1.I. The summed E-state index contributed by atoms with van der Waals surface area (Å²) in [6, 6.07) is 7.84. The Bertz CT molecular complexity index is 900. The molecule has 1 amide bonds. The molecular formula is C22H34IN7O2. The highest BCUT2D eigenvalue weighted by Crippen LogP contribution is 2.14. The van der Waals surface area contributed by atoms with Crippen LogP contribution < -0.4 is 16.0 Å². The van der Waals surface area contributed by atoms with Gasteiger partial charge < -0.3 is 20.7 Å². The number of halogens is 1. The minimum atomic E-state index is -0.0450. The number of methoxy groups -OCH3 is 1. The van der Waals surface area contributed by atoms with Crippen LogP contribution in [0, 0.1) is 0 Å². The summed E-state index contributed by atoms with van der Waals surface area (Å²) in [5.74, 6) is 2.44. The molecule has 176 valence electrons. The highest BCUT2D eigenvalue weighted by Gasteiger charge is 2.22. The van der Waals surface area contributed by atoms with E-state index >= 15 is 0 Å². The fourth-order valence-electron chi connectivity index (χ4n) is 3.50. The van der Waals surface area contributed by atoms with Gasteiger partial charge in [0.1, 0.15) is 12.4 Å². The number of aryl methyl sites for hydroxylation is 1. The molecule has 0 fully saturated rings. The first-order valence-electron chi connectivity index (χ1n) is 11.0. The first-order chi connectivity index (χ1) is 15.1. The minimum Gasteiger partial charge on any atom is -0.377 e. The van der Waals surface area contributed by atoms with Gasteiger partial charge in [-0.1, -0.05) is 19.1 Å². The number of nitrogens with zero attached hydrogens (tertiary/aromatic N) is 4. The van der Waals surface area contributed by atoms with Gasteiger partial charge in [0, 0.05) is 38.2 Å². The highest BCUT2D eigenvalue weighted by atomic mass is 127. The standard InChI is InChI=1S/C22H33N7O2.HI/c1-4-11-24-21(30)17-8-6-7-16(12-17)13-25-22(23-5-2)26-18-9-10-20-27-19(15-31-3)28-29(20)14-18;/h6-8,12,18H,4-5,9-11,13-15H2,1-3H3,(H,24,30)(H2,23,25,26);1H. The maximum atomic E-state index is 12.2. The van der Waals surface area contributed by atoms with Crippen molar-refractivity contribution in [1.82, 2.24) is 30.7 Å². The zero-order chi connectivity index (χ0) is 22.1. The number of aliphatic imine (C=N–C) groups is 1. The Morgan fingerprint density at radius 2 is 2.16 bits per heavy atom. The van der Waals surface area contributed by atoms with Crippen molar-refractivity contribution in [3.8, 4) is 0 Å². The quantitative estimate of drug-likeness (QED) is 0.249. The molecular weight excluding hydrogens is 521 g/mol. The summed E-state index contributed by atoms with van der Waals surface area (Å²) in [6.45, 7) is 7.19.